The molecule has 0 saturated carbocycles. The molecular weight excluding hydrogens is 176 g/mol. The van der Waals surface area contributed by atoms with Gasteiger partial charge in [-0.15, -0.1) is 0 Å². The fourth-order valence-corrected chi connectivity index (χ4v) is 1.49. The third-order valence-corrected chi connectivity index (χ3v) is 2.39. The van der Waals surface area contributed by atoms with Crippen LogP contribution in [0.5, 0.6) is 5.75 Å². The average molecular weight is 194 g/mol. The van der Waals surface area contributed by atoms with Crippen molar-refractivity contribution in [3.05, 3.63) is 29.3 Å². The molecule has 1 aromatic carbocycles. The molecule has 0 saturated heterocycles. The first-order chi connectivity index (χ1) is 6.72. The topological polar surface area (TPSA) is 61.3 Å². The highest BCUT2D eigenvalue weighted by Gasteiger charge is 2.09. The summed E-state index contributed by atoms with van der Waals surface area (Å²) in [6, 6.07) is 5.87. The van der Waals surface area contributed by atoms with Gasteiger partial charge in [-0.05, 0) is 29.7 Å². The number of benzene rings is 1. The zero-order valence-electron chi connectivity index (χ0n) is 8.79. The second-order valence-corrected chi connectivity index (χ2v) is 3.26. The summed E-state index contributed by atoms with van der Waals surface area (Å²) in [6.45, 7) is 2.56. The van der Waals surface area contributed by atoms with Gasteiger partial charge in [-0.25, -0.2) is 0 Å². The van der Waals surface area contributed by atoms with Gasteiger partial charge in [0.05, 0.1) is 7.11 Å². The maximum Gasteiger partial charge on any atom is 0.119 e. The van der Waals surface area contributed by atoms with Gasteiger partial charge in [-0.2, -0.15) is 0 Å². The van der Waals surface area contributed by atoms with Crippen LogP contribution in [0.2, 0.25) is 0 Å². The number of methoxy groups -OCH3 is 1. The van der Waals surface area contributed by atoms with Crippen LogP contribution in [0.25, 0.3) is 0 Å². The van der Waals surface area contributed by atoms with Gasteiger partial charge in [0.25, 0.3) is 0 Å². The van der Waals surface area contributed by atoms with Crippen molar-refractivity contribution in [2.75, 3.05) is 13.7 Å². The van der Waals surface area contributed by atoms with Crippen LogP contribution >= 0.6 is 0 Å². The molecule has 0 aliphatic heterocycles. The average Bonchev–Trinajstić information content (AvgIpc) is 2.27. The molecule has 4 N–H and O–H groups in total. The smallest absolute Gasteiger partial charge is 0.119 e. The molecule has 0 aliphatic carbocycles. The summed E-state index contributed by atoms with van der Waals surface area (Å²) in [5, 5.41) is 0. The Morgan fingerprint density at radius 3 is 2.64 bits per heavy atom. The quantitative estimate of drug-likeness (QED) is 0.757. The molecule has 0 fully saturated rings. The number of nitrogens with two attached hydrogens (primary N) is 2. The Bertz CT molecular complexity index is 299. The third-order valence-electron chi connectivity index (χ3n) is 2.39. The zero-order chi connectivity index (χ0) is 10.6. The first kappa shape index (κ1) is 11.0. The second-order valence-electron chi connectivity index (χ2n) is 3.26. The van der Waals surface area contributed by atoms with Gasteiger partial charge in [-0.1, -0.05) is 13.0 Å². The number of aryl methyl sites for hydroxylation is 1. The van der Waals surface area contributed by atoms with Crippen molar-refractivity contribution in [2.45, 2.75) is 19.4 Å². The largest absolute Gasteiger partial charge is 0.497 e. The van der Waals surface area contributed by atoms with Crippen LogP contribution in [0.4, 0.5) is 0 Å². The van der Waals surface area contributed by atoms with E-state index in [1.807, 2.05) is 18.2 Å². The van der Waals surface area contributed by atoms with Crippen LogP contribution in [0.1, 0.15) is 24.1 Å². The normalized spacial score (nSPS) is 12.6. The van der Waals surface area contributed by atoms with Gasteiger partial charge < -0.3 is 16.2 Å². The van der Waals surface area contributed by atoms with Crippen LogP contribution in [0.3, 0.4) is 0 Å². The molecule has 78 valence electrons. The molecule has 0 radical (unpaired) electrons. The van der Waals surface area contributed by atoms with Crippen LogP contribution in [-0.2, 0) is 6.42 Å². The minimum atomic E-state index is -0.0972. The van der Waals surface area contributed by atoms with E-state index in [1.54, 1.807) is 7.11 Å². The molecule has 0 bridgehead atoms. The van der Waals surface area contributed by atoms with E-state index in [1.165, 1.54) is 5.56 Å². The fraction of sp³-hybridized carbons (Fsp3) is 0.455. The van der Waals surface area contributed by atoms with E-state index in [-0.39, 0.29) is 6.04 Å². The van der Waals surface area contributed by atoms with Gasteiger partial charge in [0.2, 0.25) is 0 Å². The van der Waals surface area contributed by atoms with E-state index in [2.05, 4.69) is 6.92 Å². The van der Waals surface area contributed by atoms with Crippen molar-refractivity contribution in [3.8, 4) is 5.75 Å². The summed E-state index contributed by atoms with van der Waals surface area (Å²) in [4.78, 5) is 0. The summed E-state index contributed by atoms with van der Waals surface area (Å²) in [7, 11) is 1.65. The summed E-state index contributed by atoms with van der Waals surface area (Å²) in [6.07, 6.45) is 0.965. The van der Waals surface area contributed by atoms with E-state index in [0.717, 1.165) is 17.7 Å². The highest BCUT2D eigenvalue weighted by atomic mass is 16.5. The van der Waals surface area contributed by atoms with Gasteiger partial charge >= 0.3 is 0 Å². The Labute approximate surface area is 85.0 Å². The molecule has 14 heavy (non-hydrogen) atoms. The van der Waals surface area contributed by atoms with Crippen molar-refractivity contribution >= 4 is 0 Å². The van der Waals surface area contributed by atoms with Gasteiger partial charge in [-0.3, -0.25) is 0 Å². The van der Waals surface area contributed by atoms with Gasteiger partial charge in [0, 0.05) is 12.6 Å². The molecule has 0 spiro atoms. The van der Waals surface area contributed by atoms with Crippen molar-refractivity contribution in [1.82, 2.24) is 0 Å². The molecule has 0 heterocycles. The number of ether oxygens (including phenoxy) is 1. The Kier molecular flexibility index (Phi) is 3.92. The minimum Gasteiger partial charge on any atom is -0.497 e. The molecule has 3 nitrogen and oxygen atoms in total. The lowest BCUT2D eigenvalue weighted by Gasteiger charge is -2.15. The maximum absolute atomic E-state index is 5.91. The predicted molar refractivity (Wildman–Crippen MR) is 58.4 cm³/mol. The number of hydrogen-bond donors (Lipinski definition) is 2. The van der Waals surface area contributed by atoms with Crippen molar-refractivity contribution in [3.63, 3.8) is 0 Å². The minimum absolute atomic E-state index is 0.0972. The summed E-state index contributed by atoms with van der Waals surface area (Å²) in [5.41, 5.74) is 13.8. The summed E-state index contributed by atoms with van der Waals surface area (Å²) >= 11 is 0. The van der Waals surface area contributed by atoms with E-state index >= 15 is 0 Å². The molecule has 1 aromatic rings. The lowest BCUT2D eigenvalue weighted by atomic mass is 9.99. The predicted octanol–water partition coefficient (Wildman–Crippen LogP) is 1.22. The lowest BCUT2D eigenvalue weighted by molar-refractivity contribution is 0.413. The van der Waals surface area contributed by atoms with Crippen LogP contribution in [0, 0.1) is 0 Å². The van der Waals surface area contributed by atoms with E-state index in [9.17, 15) is 0 Å². The highest BCUT2D eigenvalue weighted by molar-refractivity contribution is 5.37. The molecule has 0 aromatic heterocycles. The first-order valence-electron chi connectivity index (χ1n) is 4.85. The second kappa shape index (κ2) is 4.98. The maximum atomic E-state index is 5.91. The van der Waals surface area contributed by atoms with Crippen molar-refractivity contribution in [2.24, 2.45) is 11.5 Å². The van der Waals surface area contributed by atoms with Crippen molar-refractivity contribution < 1.29 is 4.74 Å². The third kappa shape index (κ3) is 2.25. The SMILES string of the molecule is CCc1ccc(OC)cc1[C@@H](N)CN. The highest BCUT2D eigenvalue weighted by Crippen LogP contribution is 2.22. The van der Waals surface area contributed by atoms with Crippen LogP contribution < -0.4 is 16.2 Å². The molecule has 0 amide bonds. The molecule has 0 unspecified atom stereocenters. The lowest BCUT2D eigenvalue weighted by Crippen LogP contribution is -2.22. The van der Waals surface area contributed by atoms with E-state index in [0.29, 0.717) is 6.54 Å². The summed E-state index contributed by atoms with van der Waals surface area (Å²) in [5.74, 6) is 0.834. The summed E-state index contributed by atoms with van der Waals surface area (Å²) < 4.78 is 5.15. The molecule has 0 aliphatic rings. The molecule has 1 rings (SSSR count). The Morgan fingerprint density at radius 1 is 1.43 bits per heavy atom. The van der Waals surface area contributed by atoms with Gasteiger partial charge in [0.15, 0.2) is 0 Å². The number of rotatable bonds is 4. The standard InChI is InChI=1S/C11H18N2O/c1-3-8-4-5-9(14-2)6-10(8)11(13)7-12/h4-6,11H,3,7,12-13H2,1-2H3/t11-/m0/s1. The molecule has 3 heteroatoms. The Morgan fingerprint density at radius 2 is 2.14 bits per heavy atom. The van der Waals surface area contributed by atoms with E-state index in [4.69, 9.17) is 16.2 Å². The molecular formula is C11H18N2O. The fourth-order valence-electron chi connectivity index (χ4n) is 1.49. The van der Waals surface area contributed by atoms with Gasteiger partial charge in [0.1, 0.15) is 5.75 Å². The Hall–Kier alpha value is -1.06. The first-order valence-corrected chi connectivity index (χ1v) is 4.85. The van der Waals surface area contributed by atoms with Crippen LogP contribution in [-0.4, -0.2) is 13.7 Å². The zero-order valence-corrected chi connectivity index (χ0v) is 8.79. The molecule has 1 atom stereocenters. The monoisotopic (exact) mass is 194 g/mol. The van der Waals surface area contributed by atoms with Crippen molar-refractivity contribution in [1.29, 1.82) is 0 Å². The Balaban J connectivity index is 3.08. The van der Waals surface area contributed by atoms with E-state index < -0.39 is 0 Å². The van der Waals surface area contributed by atoms with Crippen LogP contribution in [0.15, 0.2) is 18.2 Å². The number of hydrogen-bond acceptors (Lipinski definition) is 3.